The number of hydrogen-bond acceptors (Lipinski definition) is 0. The monoisotopic (exact) mass is 133 g/mol. The van der Waals surface area contributed by atoms with Gasteiger partial charge < -0.3 is 0 Å². The van der Waals surface area contributed by atoms with Crippen LogP contribution in [0.25, 0.3) is 0 Å². The van der Waals surface area contributed by atoms with Crippen molar-refractivity contribution in [3.05, 3.63) is 6.42 Å². The smallest absolute Gasteiger partial charge is 0.207 e. The lowest BCUT2D eigenvalue weighted by atomic mass is 10.1. The normalized spacial score (nSPS) is 27.3. The molecular formula is C7H11F2. The van der Waals surface area contributed by atoms with Crippen LogP contribution in [-0.4, -0.2) is 5.92 Å². The summed E-state index contributed by atoms with van der Waals surface area (Å²) in [6.07, 6.45) is 4.28. The Labute approximate surface area is 54.3 Å². The summed E-state index contributed by atoms with van der Waals surface area (Å²) in [6, 6.07) is 0. The van der Waals surface area contributed by atoms with Gasteiger partial charge in [-0.25, -0.2) is 8.78 Å². The van der Waals surface area contributed by atoms with Crippen molar-refractivity contribution < 1.29 is 8.78 Å². The minimum atomic E-state index is -2.39. The van der Waals surface area contributed by atoms with Gasteiger partial charge in [0.05, 0.1) is 0 Å². The van der Waals surface area contributed by atoms with Crippen LogP contribution in [0.5, 0.6) is 0 Å². The molecule has 1 saturated carbocycles. The van der Waals surface area contributed by atoms with Crippen LogP contribution < -0.4 is 0 Å². The molecule has 0 aliphatic heterocycles. The van der Waals surface area contributed by atoms with Crippen LogP contribution in [0.4, 0.5) is 8.78 Å². The first-order chi connectivity index (χ1) is 4.21. The Bertz CT molecular complexity index is 78.9. The molecule has 9 heavy (non-hydrogen) atoms. The van der Waals surface area contributed by atoms with Crippen molar-refractivity contribution in [3.8, 4) is 0 Å². The average molecular weight is 133 g/mol. The fourth-order valence-corrected chi connectivity index (χ4v) is 1.09. The van der Waals surface area contributed by atoms with Gasteiger partial charge in [0.25, 0.3) is 0 Å². The lowest BCUT2D eigenvalue weighted by Crippen LogP contribution is -2.13. The molecule has 0 aromatic rings. The molecule has 1 radical (unpaired) electrons. The predicted molar refractivity (Wildman–Crippen MR) is 32.3 cm³/mol. The quantitative estimate of drug-likeness (QED) is 0.446. The predicted octanol–water partition coefficient (Wildman–Crippen LogP) is 2.79. The maximum absolute atomic E-state index is 12.4. The number of alkyl halides is 2. The molecule has 0 amide bonds. The van der Waals surface area contributed by atoms with Crippen molar-refractivity contribution in [2.24, 2.45) is 0 Å². The van der Waals surface area contributed by atoms with Crippen LogP contribution >= 0.6 is 0 Å². The summed E-state index contributed by atoms with van der Waals surface area (Å²) in [7, 11) is 0. The molecule has 0 aromatic carbocycles. The third-order valence-electron chi connectivity index (χ3n) is 1.64. The van der Waals surface area contributed by atoms with Gasteiger partial charge in [-0.3, -0.25) is 0 Å². The molecule has 0 saturated heterocycles. The fraction of sp³-hybridized carbons (Fsp3) is 0.857. The van der Waals surface area contributed by atoms with Crippen molar-refractivity contribution in [2.75, 3.05) is 0 Å². The summed E-state index contributed by atoms with van der Waals surface area (Å²) in [5.41, 5.74) is 0. The first-order valence-electron chi connectivity index (χ1n) is 3.40. The minimum Gasteiger partial charge on any atom is -0.207 e. The molecule has 0 N–H and O–H groups in total. The topological polar surface area (TPSA) is 0 Å². The molecule has 1 fully saturated rings. The highest BCUT2D eigenvalue weighted by Gasteiger charge is 2.28. The lowest BCUT2D eigenvalue weighted by Gasteiger charge is -2.10. The van der Waals surface area contributed by atoms with E-state index in [1.54, 1.807) is 6.42 Å². The fourth-order valence-electron chi connectivity index (χ4n) is 1.09. The van der Waals surface area contributed by atoms with E-state index in [4.69, 9.17) is 0 Å². The van der Waals surface area contributed by atoms with Gasteiger partial charge in [0.2, 0.25) is 5.92 Å². The van der Waals surface area contributed by atoms with Gasteiger partial charge in [-0.15, -0.1) is 0 Å². The van der Waals surface area contributed by atoms with E-state index in [1.165, 1.54) is 0 Å². The summed E-state index contributed by atoms with van der Waals surface area (Å²) >= 11 is 0. The largest absolute Gasteiger partial charge is 0.248 e. The zero-order chi connectivity index (χ0) is 6.74. The second kappa shape index (κ2) is 2.63. The average Bonchev–Trinajstić information content (AvgIpc) is 1.92. The van der Waals surface area contributed by atoms with E-state index in [1.807, 2.05) is 0 Å². The van der Waals surface area contributed by atoms with Gasteiger partial charge in [-0.2, -0.15) is 0 Å². The van der Waals surface area contributed by atoms with Gasteiger partial charge >= 0.3 is 0 Å². The molecule has 0 unspecified atom stereocenters. The summed E-state index contributed by atoms with van der Waals surface area (Å²) in [4.78, 5) is 0. The highest BCUT2D eigenvalue weighted by atomic mass is 19.3. The molecule has 0 atom stereocenters. The summed E-state index contributed by atoms with van der Waals surface area (Å²) in [5, 5.41) is 0. The first kappa shape index (κ1) is 6.97. The molecule has 0 heterocycles. The van der Waals surface area contributed by atoms with E-state index >= 15 is 0 Å². The molecule has 0 aromatic heterocycles. The highest BCUT2D eigenvalue weighted by Crippen LogP contribution is 2.30. The molecule has 1 aliphatic carbocycles. The van der Waals surface area contributed by atoms with E-state index < -0.39 is 5.92 Å². The zero-order valence-corrected chi connectivity index (χ0v) is 5.37. The minimum absolute atomic E-state index is 0.00694. The van der Waals surface area contributed by atoms with E-state index in [0.29, 0.717) is 6.42 Å². The number of rotatable bonds is 0. The van der Waals surface area contributed by atoms with E-state index in [0.717, 1.165) is 12.8 Å². The first-order valence-corrected chi connectivity index (χ1v) is 3.40. The van der Waals surface area contributed by atoms with Gasteiger partial charge in [0.15, 0.2) is 0 Å². The summed E-state index contributed by atoms with van der Waals surface area (Å²) in [5.74, 6) is -2.39. The van der Waals surface area contributed by atoms with E-state index in [9.17, 15) is 8.78 Å². The third kappa shape index (κ3) is 2.29. The lowest BCUT2D eigenvalue weighted by molar-refractivity contribution is -0.00613. The Balaban J connectivity index is 2.36. The van der Waals surface area contributed by atoms with Crippen molar-refractivity contribution >= 4 is 0 Å². The molecule has 1 aliphatic rings. The molecule has 2 heteroatoms. The third-order valence-corrected chi connectivity index (χ3v) is 1.64. The molecule has 0 nitrogen and oxygen atoms in total. The Morgan fingerprint density at radius 1 is 1.22 bits per heavy atom. The molecular weight excluding hydrogens is 122 g/mol. The van der Waals surface area contributed by atoms with Crippen LogP contribution in [0.3, 0.4) is 0 Å². The molecule has 0 spiro atoms. The maximum Gasteiger partial charge on any atom is 0.248 e. The summed E-state index contributed by atoms with van der Waals surface area (Å²) in [6.45, 7) is 0. The van der Waals surface area contributed by atoms with Crippen LogP contribution in [0.1, 0.15) is 32.1 Å². The Kier molecular flexibility index (Phi) is 2.04. The van der Waals surface area contributed by atoms with Crippen LogP contribution in [0.15, 0.2) is 0 Å². The van der Waals surface area contributed by atoms with Crippen LogP contribution in [-0.2, 0) is 0 Å². The Morgan fingerprint density at radius 3 is 2.78 bits per heavy atom. The van der Waals surface area contributed by atoms with Crippen molar-refractivity contribution in [2.45, 2.75) is 38.0 Å². The van der Waals surface area contributed by atoms with E-state index in [-0.39, 0.29) is 12.8 Å². The van der Waals surface area contributed by atoms with Gasteiger partial charge in [-0.1, -0.05) is 6.42 Å². The second-order valence-electron chi connectivity index (χ2n) is 2.59. The van der Waals surface area contributed by atoms with Gasteiger partial charge in [-0.05, 0) is 19.3 Å². The maximum atomic E-state index is 12.4. The number of hydrogen-bond donors (Lipinski definition) is 0. The highest BCUT2D eigenvalue weighted by molar-refractivity contribution is 4.80. The standard InChI is InChI=1S/C7H11F2/c8-7(9)5-3-1-2-4-6-7/h3H,1-2,4-6H2. The van der Waals surface area contributed by atoms with Gasteiger partial charge in [0.1, 0.15) is 0 Å². The Hall–Kier alpha value is -0.140. The van der Waals surface area contributed by atoms with Crippen molar-refractivity contribution in [1.82, 2.24) is 0 Å². The molecule has 1 rings (SSSR count). The summed E-state index contributed by atoms with van der Waals surface area (Å²) < 4.78 is 24.9. The number of halogens is 2. The van der Waals surface area contributed by atoms with Crippen molar-refractivity contribution in [3.63, 3.8) is 0 Å². The molecule has 53 valence electrons. The van der Waals surface area contributed by atoms with Crippen LogP contribution in [0.2, 0.25) is 0 Å². The van der Waals surface area contributed by atoms with Crippen molar-refractivity contribution in [1.29, 1.82) is 0 Å². The second-order valence-corrected chi connectivity index (χ2v) is 2.59. The molecule has 0 bridgehead atoms. The van der Waals surface area contributed by atoms with E-state index in [2.05, 4.69) is 0 Å². The van der Waals surface area contributed by atoms with Gasteiger partial charge in [0, 0.05) is 12.8 Å². The Morgan fingerprint density at radius 2 is 2.00 bits per heavy atom. The SMILES string of the molecule is FC1(F)C[CH]CCCC1. The van der Waals surface area contributed by atoms with Crippen LogP contribution in [0, 0.1) is 6.42 Å². The zero-order valence-electron chi connectivity index (χ0n) is 5.37.